The highest BCUT2D eigenvalue weighted by Gasteiger charge is 2.24. The molecule has 1 aliphatic rings. The van der Waals surface area contributed by atoms with E-state index in [9.17, 15) is 9.59 Å². The Labute approximate surface area is 168 Å². The molecule has 3 aromatic rings. The van der Waals surface area contributed by atoms with Gasteiger partial charge in [-0.1, -0.05) is 48.5 Å². The quantitative estimate of drug-likeness (QED) is 0.307. The molecule has 0 spiro atoms. The molecule has 5 nitrogen and oxygen atoms in total. The third kappa shape index (κ3) is 3.77. The normalized spacial score (nSPS) is 11.5. The first-order valence-corrected chi connectivity index (χ1v) is 9.48. The van der Waals surface area contributed by atoms with Crippen LogP contribution in [0.5, 0.6) is 5.75 Å². The highest BCUT2D eigenvalue weighted by Crippen LogP contribution is 2.41. The molecule has 5 heteroatoms. The zero-order chi connectivity index (χ0) is 20.2. The van der Waals surface area contributed by atoms with Crippen LogP contribution in [0.1, 0.15) is 38.3 Å². The van der Waals surface area contributed by atoms with E-state index in [0.29, 0.717) is 18.6 Å². The molecule has 1 aliphatic carbocycles. The van der Waals surface area contributed by atoms with Gasteiger partial charge in [0.05, 0.1) is 17.7 Å². The van der Waals surface area contributed by atoms with Crippen molar-refractivity contribution < 1.29 is 24.2 Å². The number of aliphatic hydroxyl groups excluding tert-OH is 1. The summed E-state index contributed by atoms with van der Waals surface area (Å²) in [7, 11) is 0. The molecule has 0 fully saturated rings. The molecular formula is C24H20O5. The van der Waals surface area contributed by atoms with Crippen LogP contribution in [0.2, 0.25) is 0 Å². The summed E-state index contributed by atoms with van der Waals surface area (Å²) in [5, 5.41) is 8.83. The van der Waals surface area contributed by atoms with Gasteiger partial charge in [-0.15, -0.1) is 0 Å². The van der Waals surface area contributed by atoms with Crippen molar-refractivity contribution in [3.05, 3.63) is 89.0 Å². The van der Waals surface area contributed by atoms with Gasteiger partial charge in [0.25, 0.3) is 0 Å². The summed E-state index contributed by atoms with van der Waals surface area (Å²) >= 11 is 0. The molecule has 0 bridgehead atoms. The fraction of sp³-hybridized carbons (Fsp3) is 0.167. The van der Waals surface area contributed by atoms with Crippen LogP contribution >= 0.6 is 0 Å². The van der Waals surface area contributed by atoms with Crippen molar-refractivity contribution in [2.24, 2.45) is 0 Å². The van der Waals surface area contributed by atoms with E-state index in [4.69, 9.17) is 14.6 Å². The molecule has 0 amide bonds. The van der Waals surface area contributed by atoms with Gasteiger partial charge in [0.1, 0.15) is 5.75 Å². The van der Waals surface area contributed by atoms with Crippen LogP contribution in [0.15, 0.2) is 66.7 Å². The zero-order valence-corrected chi connectivity index (χ0v) is 15.8. The smallest absolute Gasteiger partial charge is 0.344 e. The van der Waals surface area contributed by atoms with Crippen molar-refractivity contribution in [1.29, 1.82) is 0 Å². The Morgan fingerprint density at radius 2 is 1.52 bits per heavy atom. The first-order chi connectivity index (χ1) is 14.2. The standard InChI is InChI=1S/C24H20O5/c25-13-6-14-28-23(26)19-9-3-4-10-20(19)24(27)29-22-12-5-11-18-17-8-2-1-7-16(17)15-21(18)22/h1-5,7-12,25H,6,13-15H2. The highest BCUT2D eigenvalue weighted by atomic mass is 16.5. The van der Waals surface area contributed by atoms with Gasteiger partial charge in [0.2, 0.25) is 0 Å². The Morgan fingerprint density at radius 1 is 0.828 bits per heavy atom. The number of hydrogen-bond acceptors (Lipinski definition) is 5. The average molecular weight is 388 g/mol. The predicted octanol–water partition coefficient (Wildman–Crippen LogP) is 4.02. The maximum Gasteiger partial charge on any atom is 0.344 e. The minimum absolute atomic E-state index is 0.0710. The zero-order valence-electron chi connectivity index (χ0n) is 15.8. The summed E-state index contributed by atoms with van der Waals surface area (Å²) < 4.78 is 10.8. The molecule has 0 radical (unpaired) electrons. The van der Waals surface area contributed by atoms with Crippen LogP contribution in [0.3, 0.4) is 0 Å². The molecule has 146 valence electrons. The van der Waals surface area contributed by atoms with Crippen LogP contribution in [0.25, 0.3) is 11.1 Å². The Bertz CT molecular complexity index is 1070. The lowest BCUT2D eigenvalue weighted by Gasteiger charge is -2.12. The van der Waals surface area contributed by atoms with Gasteiger partial charge in [-0.3, -0.25) is 0 Å². The number of aliphatic hydroxyl groups is 1. The van der Waals surface area contributed by atoms with Crippen molar-refractivity contribution >= 4 is 11.9 Å². The van der Waals surface area contributed by atoms with Crippen LogP contribution < -0.4 is 4.74 Å². The molecular weight excluding hydrogens is 368 g/mol. The minimum atomic E-state index is -0.614. The van der Waals surface area contributed by atoms with Crippen molar-refractivity contribution in [3.63, 3.8) is 0 Å². The fourth-order valence-electron chi connectivity index (χ4n) is 3.52. The maximum atomic E-state index is 12.9. The van der Waals surface area contributed by atoms with Crippen molar-refractivity contribution in [2.45, 2.75) is 12.8 Å². The molecule has 29 heavy (non-hydrogen) atoms. The summed E-state index contributed by atoms with van der Waals surface area (Å²) in [5.41, 5.74) is 4.65. The van der Waals surface area contributed by atoms with Crippen LogP contribution in [-0.2, 0) is 11.2 Å². The number of carbonyl (C=O) groups excluding carboxylic acids is 2. The lowest BCUT2D eigenvalue weighted by Crippen LogP contribution is -2.17. The lowest BCUT2D eigenvalue weighted by molar-refractivity contribution is 0.0474. The number of benzene rings is 3. The molecule has 0 atom stereocenters. The van der Waals surface area contributed by atoms with E-state index in [0.717, 1.165) is 16.7 Å². The molecule has 0 unspecified atom stereocenters. The first kappa shape index (κ1) is 18.9. The van der Waals surface area contributed by atoms with E-state index >= 15 is 0 Å². The largest absolute Gasteiger partial charge is 0.462 e. The lowest BCUT2D eigenvalue weighted by atomic mass is 10.1. The molecule has 0 aliphatic heterocycles. The molecule has 0 saturated heterocycles. The summed E-state index contributed by atoms with van der Waals surface area (Å²) in [4.78, 5) is 25.2. The third-order valence-electron chi connectivity index (χ3n) is 4.91. The van der Waals surface area contributed by atoms with E-state index in [1.54, 1.807) is 24.3 Å². The van der Waals surface area contributed by atoms with E-state index < -0.39 is 11.9 Å². The van der Waals surface area contributed by atoms with Crippen LogP contribution in [0.4, 0.5) is 0 Å². The average Bonchev–Trinajstić information content (AvgIpc) is 3.14. The number of rotatable bonds is 6. The van der Waals surface area contributed by atoms with Gasteiger partial charge in [0.15, 0.2) is 0 Å². The Hall–Kier alpha value is -3.44. The second-order valence-electron chi connectivity index (χ2n) is 6.76. The molecule has 3 aromatic carbocycles. The second-order valence-corrected chi connectivity index (χ2v) is 6.76. The fourth-order valence-corrected chi connectivity index (χ4v) is 3.52. The molecule has 0 aromatic heterocycles. The number of carbonyl (C=O) groups is 2. The predicted molar refractivity (Wildman–Crippen MR) is 108 cm³/mol. The number of hydrogen-bond donors (Lipinski definition) is 1. The van der Waals surface area contributed by atoms with Crippen LogP contribution in [0, 0.1) is 0 Å². The SMILES string of the molecule is O=C(OCCCO)c1ccccc1C(=O)Oc1cccc2c1Cc1ccccc1-2. The minimum Gasteiger partial charge on any atom is -0.462 e. The van der Waals surface area contributed by atoms with E-state index in [1.807, 2.05) is 24.3 Å². The molecule has 1 N–H and O–H groups in total. The van der Waals surface area contributed by atoms with E-state index in [1.165, 1.54) is 11.6 Å². The topological polar surface area (TPSA) is 72.8 Å². The van der Waals surface area contributed by atoms with Gasteiger partial charge >= 0.3 is 11.9 Å². The Kier molecular flexibility index (Phi) is 5.40. The molecule has 0 heterocycles. The van der Waals surface area contributed by atoms with Crippen LogP contribution in [-0.4, -0.2) is 30.3 Å². The summed E-state index contributed by atoms with van der Waals surface area (Å²) in [6.45, 7) is 0.0155. The van der Waals surface area contributed by atoms with Crippen molar-refractivity contribution in [2.75, 3.05) is 13.2 Å². The van der Waals surface area contributed by atoms with Crippen molar-refractivity contribution in [1.82, 2.24) is 0 Å². The van der Waals surface area contributed by atoms with Gasteiger partial charge in [-0.2, -0.15) is 0 Å². The maximum absolute atomic E-state index is 12.9. The molecule has 0 saturated carbocycles. The van der Waals surface area contributed by atoms with Crippen molar-refractivity contribution in [3.8, 4) is 16.9 Å². The Morgan fingerprint density at radius 3 is 2.31 bits per heavy atom. The van der Waals surface area contributed by atoms with E-state index in [2.05, 4.69) is 12.1 Å². The first-order valence-electron chi connectivity index (χ1n) is 9.48. The second kappa shape index (κ2) is 8.29. The number of fused-ring (bicyclic) bond motifs is 3. The number of esters is 2. The Balaban J connectivity index is 1.58. The summed E-state index contributed by atoms with van der Waals surface area (Å²) in [6, 6.07) is 20.2. The number of ether oxygens (including phenoxy) is 2. The van der Waals surface area contributed by atoms with Gasteiger partial charge < -0.3 is 14.6 Å². The monoisotopic (exact) mass is 388 g/mol. The van der Waals surface area contributed by atoms with E-state index in [-0.39, 0.29) is 24.3 Å². The van der Waals surface area contributed by atoms with Gasteiger partial charge in [-0.25, -0.2) is 9.59 Å². The summed E-state index contributed by atoms with van der Waals surface area (Å²) in [5.74, 6) is -0.729. The van der Waals surface area contributed by atoms with Gasteiger partial charge in [0, 0.05) is 25.0 Å². The highest BCUT2D eigenvalue weighted by molar-refractivity contribution is 6.04. The molecule has 4 rings (SSSR count). The van der Waals surface area contributed by atoms with Gasteiger partial charge in [-0.05, 0) is 34.9 Å². The summed E-state index contributed by atoms with van der Waals surface area (Å²) in [6.07, 6.45) is 1.04. The third-order valence-corrected chi connectivity index (χ3v) is 4.91.